The van der Waals surface area contributed by atoms with Gasteiger partial charge in [0.1, 0.15) is 13.2 Å². The molecule has 0 fully saturated rings. The molecule has 0 aliphatic carbocycles. The van der Waals surface area contributed by atoms with Crippen LogP contribution in [0.3, 0.4) is 0 Å². The largest absolute Gasteiger partial charge is 0.461 e. The summed E-state index contributed by atoms with van der Waals surface area (Å²) >= 11 is 5.31. The molecule has 0 N–H and O–H groups in total. The molecule has 0 amide bonds. The zero-order valence-electron chi connectivity index (χ0n) is 15.7. The molecule has 0 aliphatic heterocycles. The first-order valence-corrected chi connectivity index (χ1v) is 11.4. The van der Waals surface area contributed by atoms with Crippen molar-refractivity contribution >= 4 is 50.4 Å². The summed E-state index contributed by atoms with van der Waals surface area (Å²) in [6, 6.07) is 0. The summed E-state index contributed by atoms with van der Waals surface area (Å²) in [4.78, 5) is 33.8. The number of carbonyl (C=O) groups excluding carboxylic acids is 3. The highest BCUT2D eigenvalue weighted by Gasteiger charge is 2.09. The Kier molecular flexibility index (Phi) is 15.1. The van der Waals surface area contributed by atoms with Crippen molar-refractivity contribution in [2.75, 3.05) is 24.7 Å². The second-order valence-electron chi connectivity index (χ2n) is 5.74. The van der Waals surface area contributed by atoms with Crippen molar-refractivity contribution in [1.29, 1.82) is 0 Å². The van der Waals surface area contributed by atoms with Crippen molar-refractivity contribution in [1.82, 2.24) is 0 Å². The molecule has 0 unspecified atom stereocenters. The number of hydrogen-bond donors (Lipinski definition) is 0. The fourth-order valence-corrected chi connectivity index (χ4v) is 3.48. The monoisotopic (exact) mass is 434 g/mol. The Morgan fingerprint density at radius 1 is 0.815 bits per heavy atom. The first-order valence-electron chi connectivity index (χ1n) is 8.55. The van der Waals surface area contributed by atoms with E-state index in [1.54, 1.807) is 28.5 Å². The topological polar surface area (TPSA) is 69.7 Å². The van der Waals surface area contributed by atoms with Gasteiger partial charge in [0, 0.05) is 28.2 Å². The molecule has 0 aromatic carbocycles. The van der Waals surface area contributed by atoms with Gasteiger partial charge in [-0.3, -0.25) is 4.79 Å². The number of ether oxygens (including phenoxy) is 2. The Balaban J connectivity index is 3.57. The van der Waals surface area contributed by atoms with Crippen LogP contribution in [0.25, 0.3) is 0 Å². The van der Waals surface area contributed by atoms with Crippen molar-refractivity contribution in [3.63, 3.8) is 0 Å². The van der Waals surface area contributed by atoms with Crippen LogP contribution < -0.4 is 0 Å². The Labute approximate surface area is 174 Å². The summed E-state index contributed by atoms with van der Waals surface area (Å²) in [6.45, 7) is 13.1. The standard InChI is InChI=1S/C19H27ClO5S2/c1-14(2)18(22)24-10-12-26-27-13-11-25-19(23)16(4)9-7-5-6-8-15(3)17(20)21/h1,3-13H2,2H3. The van der Waals surface area contributed by atoms with Crippen LogP contribution in [-0.2, 0) is 23.9 Å². The molecule has 0 rings (SSSR count). The van der Waals surface area contributed by atoms with Crippen LogP contribution >= 0.6 is 33.2 Å². The van der Waals surface area contributed by atoms with Crippen LogP contribution in [0, 0.1) is 0 Å². The molecule has 0 saturated carbocycles. The highest BCUT2D eigenvalue weighted by molar-refractivity contribution is 8.76. The third-order valence-corrected chi connectivity index (χ3v) is 5.86. The molecule has 0 aromatic heterocycles. The summed E-state index contributed by atoms with van der Waals surface area (Å²) in [6.07, 6.45) is 3.59. The summed E-state index contributed by atoms with van der Waals surface area (Å²) in [7, 11) is 3.09. The molecule has 0 bridgehead atoms. The van der Waals surface area contributed by atoms with E-state index in [4.69, 9.17) is 21.1 Å². The van der Waals surface area contributed by atoms with E-state index in [0.717, 1.165) is 19.3 Å². The minimum absolute atomic E-state index is 0.304. The second kappa shape index (κ2) is 15.8. The first-order chi connectivity index (χ1) is 12.8. The molecule has 27 heavy (non-hydrogen) atoms. The zero-order chi connectivity index (χ0) is 20.7. The SMILES string of the molecule is C=C(C)C(=O)OCCSSCCOC(=O)C(=C)CCCCCC(=C)C(=O)Cl. The maximum absolute atomic E-state index is 11.8. The predicted octanol–water partition coefficient (Wildman–Crippen LogP) is 4.86. The van der Waals surface area contributed by atoms with Gasteiger partial charge in [-0.15, -0.1) is 0 Å². The van der Waals surface area contributed by atoms with Gasteiger partial charge in [-0.05, 0) is 44.2 Å². The predicted molar refractivity (Wildman–Crippen MR) is 114 cm³/mol. The van der Waals surface area contributed by atoms with Crippen LogP contribution in [0.2, 0.25) is 0 Å². The highest BCUT2D eigenvalue weighted by atomic mass is 35.5. The molecule has 0 aromatic rings. The van der Waals surface area contributed by atoms with E-state index >= 15 is 0 Å². The Hall–Kier alpha value is -1.18. The second-order valence-corrected chi connectivity index (χ2v) is 8.78. The number of allylic oxidation sites excluding steroid dienone is 1. The lowest BCUT2D eigenvalue weighted by Gasteiger charge is -2.07. The van der Waals surface area contributed by atoms with Gasteiger partial charge in [-0.2, -0.15) is 0 Å². The van der Waals surface area contributed by atoms with Gasteiger partial charge >= 0.3 is 11.9 Å². The molecular weight excluding hydrogens is 408 g/mol. The molecule has 0 atom stereocenters. The van der Waals surface area contributed by atoms with Gasteiger partial charge in [-0.25, -0.2) is 9.59 Å². The van der Waals surface area contributed by atoms with Crippen LogP contribution in [0.5, 0.6) is 0 Å². The lowest BCUT2D eigenvalue weighted by molar-refractivity contribution is -0.139. The molecule has 0 heterocycles. The number of unbranched alkanes of at least 4 members (excludes halogenated alkanes) is 2. The average molecular weight is 435 g/mol. The number of esters is 2. The summed E-state index contributed by atoms with van der Waals surface area (Å²) in [5.74, 6) is 0.542. The molecular formula is C19H27ClO5S2. The molecule has 8 heteroatoms. The maximum atomic E-state index is 11.8. The van der Waals surface area contributed by atoms with Crippen molar-refractivity contribution in [2.24, 2.45) is 0 Å². The molecule has 0 radical (unpaired) electrons. The number of carbonyl (C=O) groups is 3. The zero-order valence-corrected chi connectivity index (χ0v) is 18.1. The van der Waals surface area contributed by atoms with Crippen LogP contribution in [0.15, 0.2) is 36.5 Å². The molecule has 0 saturated heterocycles. The number of halogens is 1. The Morgan fingerprint density at radius 3 is 1.78 bits per heavy atom. The average Bonchev–Trinajstić information content (AvgIpc) is 2.62. The Bertz CT molecular complexity index is 560. The van der Waals surface area contributed by atoms with Gasteiger partial charge < -0.3 is 9.47 Å². The van der Waals surface area contributed by atoms with Crippen molar-refractivity contribution in [2.45, 2.75) is 39.0 Å². The van der Waals surface area contributed by atoms with Crippen molar-refractivity contribution in [3.05, 3.63) is 36.5 Å². The lowest BCUT2D eigenvalue weighted by atomic mass is 10.1. The first kappa shape index (κ1) is 25.8. The minimum atomic E-state index is -0.494. The molecule has 0 aliphatic rings. The van der Waals surface area contributed by atoms with Gasteiger partial charge in [0.25, 0.3) is 0 Å². The van der Waals surface area contributed by atoms with E-state index in [0.29, 0.717) is 54.3 Å². The third kappa shape index (κ3) is 14.5. The van der Waals surface area contributed by atoms with Gasteiger partial charge in [0.15, 0.2) is 0 Å². The summed E-state index contributed by atoms with van der Waals surface area (Å²) in [5.41, 5.74) is 1.25. The number of rotatable bonds is 16. The van der Waals surface area contributed by atoms with Crippen LogP contribution in [0.4, 0.5) is 0 Å². The Morgan fingerprint density at radius 2 is 1.30 bits per heavy atom. The quantitative estimate of drug-likeness (QED) is 0.113. The van der Waals surface area contributed by atoms with E-state index in [9.17, 15) is 14.4 Å². The van der Waals surface area contributed by atoms with E-state index in [-0.39, 0.29) is 11.9 Å². The van der Waals surface area contributed by atoms with E-state index < -0.39 is 5.24 Å². The third-order valence-electron chi connectivity index (χ3n) is 3.26. The molecule has 0 spiro atoms. The summed E-state index contributed by atoms with van der Waals surface area (Å²) < 4.78 is 10.1. The lowest BCUT2D eigenvalue weighted by Crippen LogP contribution is -2.09. The minimum Gasteiger partial charge on any atom is -0.461 e. The number of hydrogen-bond acceptors (Lipinski definition) is 7. The van der Waals surface area contributed by atoms with Crippen molar-refractivity contribution in [3.8, 4) is 0 Å². The van der Waals surface area contributed by atoms with Crippen molar-refractivity contribution < 1.29 is 23.9 Å². The van der Waals surface area contributed by atoms with Gasteiger partial charge in [0.05, 0.1) is 0 Å². The van der Waals surface area contributed by atoms with E-state index in [2.05, 4.69) is 19.7 Å². The fraction of sp³-hybridized carbons (Fsp3) is 0.526. The van der Waals surface area contributed by atoms with Gasteiger partial charge in [0.2, 0.25) is 5.24 Å². The van der Waals surface area contributed by atoms with E-state index in [1.165, 1.54) is 0 Å². The van der Waals surface area contributed by atoms with Gasteiger partial charge in [-0.1, -0.05) is 47.7 Å². The molecule has 5 nitrogen and oxygen atoms in total. The van der Waals surface area contributed by atoms with E-state index in [1.807, 2.05) is 0 Å². The van der Waals surface area contributed by atoms with Crippen LogP contribution in [0.1, 0.15) is 39.0 Å². The summed E-state index contributed by atoms with van der Waals surface area (Å²) in [5, 5.41) is -0.494. The molecule has 152 valence electrons. The maximum Gasteiger partial charge on any atom is 0.333 e. The fourth-order valence-electron chi connectivity index (χ4n) is 1.73. The van der Waals surface area contributed by atoms with Crippen LogP contribution in [-0.4, -0.2) is 41.9 Å². The normalized spacial score (nSPS) is 10.1. The smallest absolute Gasteiger partial charge is 0.333 e. The highest BCUT2D eigenvalue weighted by Crippen LogP contribution is 2.20.